The highest BCUT2D eigenvalue weighted by Gasteiger charge is 2.32. The van der Waals surface area contributed by atoms with Crippen LogP contribution in [-0.2, 0) is 4.79 Å². The van der Waals surface area contributed by atoms with E-state index in [1.165, 1.54) is 0 Å². The second-order valence-corrected chi connectivity index (χ2v) is 5.04. The molecule has 18 heavy (non-hydrogen) atoms. The van der Waals surface area contributed by atoms with Gasteiger partial charge in [0.25, 0.3) is 0 Å². The van der Waals surface area contributed by atoms with Crippen molar-refractivity contribution in [2.45, 2.75) is 26.2 Å². The molecule has 0 heterocycles. The van der Waals surface area contributed by atoms with E-state index in [1.54, 1.807) is 18.0 Å². The normalized spacial score (nSPS) is 22.5. The first-order chi connectivity index (χ1) is 8.65. The molecule has 1 aromatic carbocycles. The molecule has 2 rings (SSSR count). The summed E-state index contributed by atoms with van der Waals surface area (Å²) < 4.78 is 0. The van der Waals surface area contributed by atoms with Crippen molar-refractivity contribution < 1.29 is 4.79 Å². The summed E-state index contributed by atoms with van der Waals surface area (Å²) in [6.45, 7) is 2.14. The Morgan fingerprint density at radius 3 is 2.72 bits per heavy atom. The zero-order valence-electron chi connectivity index (χ0n) is 10.9. The number of nitriles is 1. The fraction of sp³-hybridized carbons (Fsp3) is 0.467. The van der Waals surface area contributed by atoms with Crippen LogP contribution in [0.15, 0.2) is 24.3 Å². The highest BCUT2D eigenvalue weighted by atomic mass is 16.2. The fourth-order valence-electron chi connectivity index (χ4n) is 2.74. The summed E-state index contributed by atoms with van der Waals surface area (Å²) in [5, 5.41) is 9.08. The third kappa shape index (κ3) is 2.24. The van der Waals surface area contributed by atoms with Gasteiger partial charge >= 0.3 is 0 Å². The smallest absolute Gasteiger partial charge is 0.230 e. The standard InChI is InChI=1S/C15H18N2O/c1-11-6-5-8-13(11)15(18)17(2)14-9-4-3-7-12(14)10-16/h3-4,7,9,11,13H,5-6,8H2,1-2H3. The summed E-state index contributed by atoms with van der Waals surface area (Å²) in [4.78, 5) is 14.1. The molecular formula is C15H18N2O. The third-order valence-electron chi connectivity index (χ3n) is 3.90. The van der Waals surface area contributed by atoms with Crippen molar-refractivity contribution in [1.82, 2.24) is 0 Å². The van der Waals surface area contributed by atoms with E-state index < -0.39 is 0 Å². The molecule has 1 aliphatic carbocycles. The van der Waals surface area contributed by atoms with Gasteiger partial charge in [-0.15, -0.1) is 0 Å². The van der Waals surface area contributed by atoms with Gasteiger partial charge in [-0.25, -0.2) is 0 Å². The van der Waals surface area contributed by atoms with Crippen LogP contribution in [0.2, 0.25) is 0 Å². The monoisotopic (exact) mass is 242 g/mol. The van der Waals surface area contributed by atoms with Gasteiger partial charge in [0.15, 0.2) is 0 Å². The molecule has 1 aromatic rings. The number of carbonyl (C=O) groups excluding carboxylic acids is 1. The Labute approximate surface area is 108 Å². The molecule has 0 spiro atoms. The Kier molecular flexibility index (Phi) is 3.66. The number of benzene rings is 1. The third-order valence-corrected chi connectivity index (χ3v) is 3.90. The molecule has 1 saturated carbocycles. The second-order valence-electron chi connectivity index (χ2n) is 5.04. The maximum absolute atomic E-state index is 12.4. The fourth-order valence-corrected chi connectivity index (χ4v) is 2.74. The SMILES string of the molecule is CC1CCCC1C(=O)N(C)c1ccccc1C#N. The minimum Gasteiger partial charge on any atom is -0.314 e. The lowest BCUT2D eigenvalue weighted by Gasteiger charge is -2.24. The maximum Gasteiger partial charge on any atom is 0.230 e. The van der Waals surface area contributed by atoms with E-state index in [-0.39, 0.29) is 11.8 Å². The van der Waals surface area contributed by atoms with Crippen molar-refractivity contribution in [2.24, 2.45) is 11.8 Å². The first kappa shape index (κ1) is 12.6. The van der Waals surface area contributed by atoms with E-state index in [1.807, 2.05) is 18.2 Å². The van der Waals surface area contributed by atoms with Crippen LogP contribution in [0, 0.1) is 23.2 Å². The largest absolute Gasteiger partial charge is 0.314 e. The Morgan fingerprint density at radius 2 is 2.11 bits per heavy atom. The molecule has 94 valence electrons. The number of nitrogens with zero attached hydrogens (tertiary/aromatic N) is 2. The molecule has 0 saturated heterocycles. The molecule has 1 aliphatic rings. The van der Waals surface area contributed by atoms with Crippen molar-refractivity contribution in [3.63, 3.8) is 0 Å². The molecule has 1 amide bonds. The van der Waals surface area contributed by atoms with Crippen molar-refractivity contribution in [3.05, 3.63) is 29.8 Å². The maximum atomic E-state index is 12.4. The molecular weight excluding hydrogens is 224 g/mol. The highest BCUT2D eigenvalue weighted by Crippen LogP contribution is 2.33. The number of amides is 1. The van der Waals surface area contributed by atoms with Crippen LogP contribution in [0.3, 0.4) is 0 Å². The molecule has 0 bridgehead atoms. The zero-order valence-corrected chi connectivity index (χ0v) is 10.9. The van der Waals surface area contributed by atoms with Crippen LogP contribution in [0.1, 0.15) is 31.7 Å². The van der Waals surface area contributed by atoms with Crippen LogP contribution in [0.4, 0.5) is 5.69 Å². The van der Waals surface area contributed by atoms with Gasteiger partial charge < -0.3 is 4.90 Å². The van der Waals surface area contributed by atoms with E-state index in [2.05, 4.69) is 13.0 Å². The Balaban J connectivity index is 2.23. The summed E-state index contributed by atoms with van der Waals surface area (Å²) in [6, 6.07) is 9.39. The molecule has 0 aliphatic heterocycles. The summed E-state index contributed by atoms with van der Waals surface area (Å²) in [5.74, 6) is 0.707. The van der Waals surface area contributed by atoms with E-state index >= 15 is 0 Å². The molecule has 0 N–H and O–H groups in total. The predicted molar refractivity (Wildman–Crippen MR) is 71.1 cm³/mol. The first-order valence-corrected chi connectivity index (χ1v) is 6.42. The average molecular weight is 242 g/mol. The van der Waals surface area contributed by atoms with Gasteiger partial charge in [0.05, 0.1) is 11.3 Å². The summed E-state index contributed by atoms with van der Waals surface area (Å²) in [7, 11) is 1.77. The Hall–Kier alpha value is -1.82. The minimum atomic E-state index is 0.113. The number of hydrogen-bond donors (Lipinski definition) is 0. The van der Waals surface area contributed by atoms with E-state index in [9.17, 15) is 4.79 Å². The summed E-state index contributed by atoms with van der Waals surface area (Å²) in [5.41, 5.74) is 1.27. The van der Waals surface area contributed by atoms with Crippen molar-refractivity contribution in [3.8, 4) is 6.07 Å². The molecule has 3 heteroatoms. The number of hydrogen-bond acceptors (Lipinski definition) is 2. The molecule has 0 radical (unpaired) electrons. The number of anilines is 1. The predicted octanol–water partition coefficient (Wildman–Crippen LogP) is 2.96. The lowest BCUT2D eigenvalue weighted by Crippen LogP contribution is -2.34. The molecule has 0 aromatic heterocycles. The van der Waals surface area contributed by atoms with Crippen molar-refractivity contribution in [2.75, 3.05) is 11.9 Å². The summed E-state index contributed by atoms with van der Waals surface area (Å²) >= 11 is 0. The molecule has 2 atom stereocenters. The van der Waals surface area contributed by atoms with Crippen LogP contribution in [-0.4, -0.2) is 13.0 Å². The highest BCUT2D eigenvalue weighted by molar-refractivity contribution is 5.96. The van der Waals surface area contributed by atoms with E-state index in [0.717, 1.165) is 19.3 Å². The van der Waals surface area contributed by atoms with Crippen LogP contribution < -0.4 is 4.90 Å². The summed E-state index contributed by atoms with van der Waals surface area (Å²) in [6.07, 6.45) is 3.23. The molecule has 2 unspecified atom stereocenters. The Bertz CT molecular complexity index is 490. The molecule has 1 fully saturated rings. The lowest BCUT2D eigenvalue weighted by atomic mass is 9.96. The van der Waals surface area contributed by atoms with Gasteiger partial charge in [0.2, 0.25) is 5.91 Å². The van der Waals surface area contributed by atoms with E-state index in [0.29, 0.717) is 17.2 Å². The van der Waals surface area contributed by atoms with Gasteiger partial charge in [-0.2, -0.15) is 5.26 Å². The van der Waals surface area contributed by atoms with Crippen LogP contribution in [0.5, 0.6) is 0 Å². The number of para-hydroxylation sites is 1. The number of rotatable bonds is 2. The quantitative estimate of drug-likeness (QED) is 0.800. The van der Waals surface area contributed by atoms with Gasteiger partial charge in [-0.05, 0) is 30.9 Å². The van der Waals surface area contributed by atoms with Gasteiger partial charge in [0, 0.05) is 13.0 Å². The van der Waals surface area contributed by atoms with Crippen molar-refractivity contribution in [1.29, 1.82) is 5.26 Å². The second kappa shape index (κ2) is 5.22. The topological polar surface area (TPSA) is 44.1 Å². The van der Waals surface area contributed by atoms with Gasteiger partial charge in [-0.3, -0.25) is 4.79 Å². The number of carbonyl (C=O) groups is 1. The zero-order chi connectivity index (χ0) is 13.1. The Morgan fingerprint density at radius 1 is 1.39 bits per heavy atom. The first-order valence-electron chi connectivity index (χ1n) is 6.42. The van der Waals surface area contributed by atoms with E-state index in [4.69, 9.17) is 5.26 Å². The van der Waals surface area contributed by atoms with Crippen molar-refractivity contribution >= 4 is 11.6 Å². The van der Waals surface area contributed by atoms with Gasteiger partial charge in [-0.1, -0.05) is 25.5 Å². The lowest BCUT2D eigenvalue weighted by molar-refractivity contribution is -0.122. The molecule has 3 nitrogen and oxygen atoms in total. The van der Waals surface area contributed by atoms with Crippen LogP contribution in [0.25, 0.3) is 0 Å². The minimum absolute atomic E-state index is 0.113. The average Bonchev–Trinajstić information content (AvgIpc) is 2.83. The van der Waals surface area contributed by atoms with Gasteiger partial charge in [0.1, 0.15) is 6.07 Å². The van der Waals surface area contributed by atoms with Crippen LogP contribution >= 0.6 is 0 Å².